The second-order valence-electron chi connectivity index (χ2n) is 9.66. The molecule has 0 atom stereocenters. The quantitative estimate of drug-likeness (QED) is 0.281. The molecule has 39 heavy (non-hydrogen) atoms. The maximum Gasteiger partial charge on any atom is 0.421 e. The molecule has 1 fully saturated rings. The van der Waals surface area contributed by atoms with Crippen molar-refractivity contribution in [3.63, 3.8) is 0 Å². The van der Waals surface area contributed by atoms with Crippen molar-refractivity contribution >= 4 is 52.4 Å². The topological polar surface area (TPSA) is 126 Å². The maximum absolute atomic E-state index is 12.4. The largest absolute Gasteiger partial charge is 0.808 e. The summed E-state index contributed by atoms with van der Waals surface area (Å²) < 4.78 is 22.6. The van der Waals surface area contributed by atoms with Crippen molar-refractivity contribution in [2.75, 3.05) is 55.5 Å². The average Bonchev–Trinajstić information content (AvgIpc) is 3.41. The van der Waals surface area contributed by atoms with Crippen LogP contribution in [0.3, 0.4) is 0 Å². The number of fused-ring (bicyclic) bond motifs is 2. The normalized spacial score (nSPS) is 16.4. The van der Waals surface area contributed by atoms with E-state index in [0.717, 1.165) is 56.0 Å². The molecule has 2 aromatic carbocycles. The van der Waals surface area contributed by atoms with Gasteiger partial charge in [-0.3, -0.25) is 9.69 Å². The average molecular weight is 572 g/mol. The number of benzene rings is 2. The van der Waals surface area contributed by atoms with Crippen LogP contribution in [0.2, 0.25) is 0 Å². The van der Waals surface area contributed by atoms with Gasteiger partial charge in [-0.2, -0.15) is 0 Å². The summed E-state index contributed by atoms with van der Waals surface area (Å²) in [6, 6.07) is 13.8. The van der Waals surface area contributed by atoms with E-state index in [1.807, 2.05) is 0 Å². The number of rotatable bonds is 9. The molecule has 0 unspecified atom stereocenters. The van der Waals surface area contributed by atoms with Crippen molar-refractivity contribution in [3.8, 4) is 5.75 Å². The molecule has 0 saturated carbocycles. The van der Waals surface area contributed by atoms with Crippen LogP contribution in [0.4, 0.5) is 16.2 Å². The molecule has 0 radical (unpaired) electrons. The van der Waals surface area contributed by atoms with Gasteiger partial charge in [0.15, 0.2) is 0 Å². The van der Waals surface area contributed by atoms with Crippen LogP contribution in [0.1, 0.15) is 24.8 Å². The van der Waals surface area contributed by atoms with Gasteiger partial charge in [-0.05, 0) is 68.6 Å². The van der Waals surface area contributed by atoms with Crippen LogP contribution in [-0.2, 0) is 20.5 Å². The molecule has 2 aliphatic heterocycles. The molecule has 10 nitrogen and oxygen atoms in total. The number of ether oxygens (including phenoxy) is 2. The van der Waals surface area contributed by atoms with E-state index in [1.54, 1.807) is 29.5 Å². The van der Waals surface area contributed by atoms with E-state index in [4.69, 9.17) is 4.74 Å². The van der Waals surface area contributed by atoms with Crippen molar-refractivity contribution in [2.45, 2.75) is 25.7 Å². The number of unbranched alkanes of at least 4 members (excludes halogenated alkanes) is 1. The van der Waals surface area contributed by atoms with E-state index in [0.29, 0.717) is 18.8 Å². The highest BCUT2D eigenvalue weighted by Gasteiger charge is 2.31. The van der Waals surface area contributed by atoms with Crippen LogP contribution in [-0.4, -0.2) is 62.6 Å². The molecule has 0 aliphatic carbocycles. The number of nitrogens with zero attached hydrogens (tertiary/aromatic N) is 3. The highest BCUT2D eigenvalue weighted by atomic mass is 32.1. The molecule has 2 amide bonds. The zero-order valence-corrected chi connectivity index (χ0v) is 23.2. The number of hydrogen-bond donors (Lipinski definition) is 0. The van der Waals surface area contributed by atoms with Crippen LogP contribution < -0.4 is 24.3 Å². The second kappa shape index (κ2) is 12.1. The monoisotopic (exact) mass is 571 g/mol. The number of amides is 2. The standard InChI is InChI=1S/C27H32N3O7PS/c31-26-9-7-20-6-8-21(18-24(20)30(26)27(32)37-19-38(33,34)35)36-16-2-1-11-28-12-14-29(15-13-28)23-4-3-5-25-22(23)10-17-39-25/h3-6,8,10,17-18H,1-2,7,9,11-16,19H2,(H2,33,34,35)/p-2. The SMILES string of the molecule is O=C1CCc2ccc(OCCCCN3CCN(c4cccc5sccc45)CC3)cc2N1C(=O)OCP(=O)([O-])[O-]. The van der Waals surface area contributed by atoms with Crippen LogP contribution in [0.25, 0.3) is 10.1 Å². The van der Waals surface area contributed by atoms with Gasteiger partial charge in [0.05, 0.1) is 12.3 Å². The number of anilines is 2. The Morgan fingerprint density at radius 2 is 1.82 bits per heavy atom. The summed E-state index contributed by atoms with van der Waals surface area (Å²) in [5.41, 5.74) is 2.34. The molecule has 0 bridgehead atoms. The fraction of sp³-hybridized carbons (Fsp3) is 0.407. The smallest absolute Gasteiger partial charge is 0.421 e. The number of aryl methyl sites for hydroxylation is 1. The van der Waals surface area contributed by atoms with Crippen molar-refractivity contribution in [1.29, 1.82) is 0 Å². The molecule has 208 valence electrons. The van der Waals surface area contributed by atoms with Crippen LogP contribution >= 0.6 is 18.9 Å². The third kappa shape index (κ3) is 6.80. The predicted octanol–water partition coefficient (Wildman–Crippen LogP) is 3.17. The maximum atomic E-state index is 12.4. The van der Waals surface area contributed by atoms with Gasteiger partial charge < -0.3 is 28.7 Å². The lowest BCUT2D eigenvalue weighted by atomic mass is 10.0. The minimum absolute atomic E-state index is 0.0760. The van der Waals surface area contributed by atoms with E-state index in [2.05, 4.69) is 44.2 Å². The second-order valence-corrected chi connectivity index (χ2v) is 12.1. The molecule has 0 N–H and O–H groups in total. The number of thiophene rings is 1. The Balaban J connectivity index is 1.07. The first-order chi connectivity index (χ1) is 18.8. The highest BCUT2D eigenvalue weighted by Crippen LogP contribution is 2.34. The van der Waals surface area contributed by atoms with E-state index >= 15 is 0 Å². The number of imide groups is 1. The van der Waals surface area contributed by atoms with Gasteiger partial charge in [0.1, 0.15) is 12.1 Å². The van der Waals surface area contributed by atoms with Gasteiger partial charge in [0.25, 0.3) is 0 Å². The summed E-state index contributed by atoms with van der Waals surface area (Å²) in [6.45, 7) is 5.49. The lowest BCUT2D eigenvalue weighted by Crippen LogP contribution is -2.46. The Hall–Kier alpha value is -2.95. The van der Waals surface area contributed by atoms with Crippen LogP contribution in [0.15, 0.2) is 47.8 Å². The summed E-state index contributed by atoms with van der Waals surface area (Å²) in [4.78, 5) is 52.2. The van der Waals surface area contributed by atoms with Gasteiger partial charge in [0, 0.05) is 54.4 Å². The lowest BCUT2D eigenvalue weighted by Gasteiger charge is -2.36. The molecule has 5 rings (SSSR count). The first kappa shape index (κ1) is 27.6. The molecule has 1 aromatic heterocycles. The molecule has 1 saturated heterocycles. The minimum atomic E-state index is -5.05. The Morgan fingerprint density at radius 1 is 1.00 bits per heavy atom. The Bertz CT molecular complexity index is 1380. The first-order valence-corrected chi connectivity index (χ1v) is 15.6. The number of piperazine rings is 1. The first-order valence-electron chi connectivity index (χ1n) is 13.0. The van der Waals surface area contributed by atoms with E-state index in [1.165, 1.54) is 15.8 Å². The fourth-order valence-corrected chi connectivity index (χ4v) is 6.11. The van der Waals surface area contributed by atoms with Gasteiger partial charge in [-0.1, -0.05) is 12.1 Å². The Morgan fingerprint density at radius 3 is 2.62 bits per heavy atom. The molecule has 3 heterocycles. The van der Waals surface area contributed by atoms with Gasteiger partial charge in [-0.25, -0.2) is 9.69 Å². The summed E-state index contributed by atoms with van der Waals surface area (Å²) in [6.07, 6.45) is -0.148. The molecular formula is C27H30N3O7PS-2. The van der Waals surface area contributed by atoms with Gasteiger partial charge in [0.2, 0.25) is 5.91 Å². The van der Waals surface area contributed by atoms with Crippen molar-refractivity contribution < 1.29 is 33.4 Å². The van der Waals surface area contributed by atoms with Crippen molar-refractivity contribution in [2.24, 2.45) is 0 Å². The highest BCUT2D eigenvalue weighted by molar-refractivity contribution is 7.48. The number of hydrogen-bond acceptors (Lipinski definition) is 10. The third-order valence-electron chi connectivity index (χ3n) is 7.01. The predicted molar refractivity (Wildman–Crippen MR) is 146 cm³/mol. The zero-order valence-electron chi connectivity index (χ0n) is 21.5. The minimum Gasteiger partial charge on any atom is -0.808 e. The van der Waals surface area contributed by atoms with Crippen molar-refractivity contribution in [1.82, 2.24) is 4.90 Å². The molecule has 3 aromatic rings. The van der Waals surface area contributed by atoms with Crippen LogP contribution in [0.5, 0.6) is 5.75 Å². The molecule has 12 heteroatoms. The Labute approximate surface area is 230 Å². The summed E-state index contributed by atoms with van der Waals surface area (Å²) in [5, 5.41) is 3.47. The number of carbonyl (C=O) groups excluding carboxylic acids is 2. The lowest BCUT2D eigenvalue weighted by molar-refractivity contribution is -0.317. The zero-order chi connectivity index (χ0) is 27.4. The fourth-order valence-electron chi connectivity index (χ4n) is 5.03. The van der Waals surface area contributed by atoms with E-state index in [9.17, 15) is 23.9 Å². The van der Waals surface area contributed by atoms with Gasteiger partial charge >= 0.3 is 6.09 Å². The van der Waals surface area contributed by atoms with Crippen LogP contribution in [0, 0.1) is 0 Å². The van der Waals surface area contributed by atoms with Gasteiger partial charge in [-0.15, -0.1) is 11.3 Å². The third-order valence-corrected chi connectivity index (χ3v) is 8.33. The Kier molecular flexibility index (Phi) is 8.54. The molecular weight excluding hydrogens is 541 g/mol. The summed E-state index contributed by atoms with van der Waals surface area (Å²) >= 11 is 1.77. The molecule has 2 aliphatic rings. The number of carbonyl (C=O) groups is 2. The van der Waals surface area contributed by atoms with E-state index < -0.39 is 25.9 Å². The van der Waals surface area contributed by atoms with E-state index in [-0.39, 0.29) is 12.1 Å². The summed E-state index contributed by atoms with van der Waals surface area (Å²) in [7, 11) is -5.05. The van der Waals surface area contributed by atoms with Crippen molar-refractivity contribution in [3.05, 3.63) is 53.4 Å². The molecule has 0 spiro atoms. The summed E-state index contributed by atoms with van der Waals surface area (Å²) in [5.74, 6) is -0.0285.